The summed E-state index contributed by atoms with van der Waals surface area (Å²) in [5.41, 5.74) is 3.62. The lowest BCUT2D eigenvalue weighted by Gasteiger charge is -2.18. The van der Waals surface area contributed by atoms with Gasteiger partial charge in [-0.15, -0.1) is 15.0 Å². The van der Waals surface area contributed by atoms with E-state index in [0.29, 0.717) is 46.3 Å². The van der Waals surface area contributed by atoms with Crippen LogP contribution in [-0.4, -0.2) is 41.9 Å². The Morgan fingerprint density at radius 1 is 1.00 bits per heavy atom. The fraction of sp³-hybridized carbons (Fsp3) is 0.273. The normalized spacial score (nSPS) is 16.6. The van der Waals surface area contributed by atoms with E-state index in [1.807, 2.05) is 6.92 Å². The van der Waals surface area contributed by atoms with Crippen molar-refractivity contribution in [3.63, 3.8) is 0 Å². The first kappa shape index (κ1) is 18.4. The molecule has 1 aromatic heterocycles. The van der Waals surface area contributed by atoms with Gasteiger partial charge in [0.25, 0.3) is 11.8 Å². The molecule has 152 valence electrons. The van der Waals surface area contributed by atoms with E-state index < -0.39 is 0 Å². The molecule has 8 heteroatoms. The molecule has 0 bridgehead atoms. The summed E-state index contributed by atoms with van der Waals surface area (Å²) < 4.78 is 0. The molecular formula is C22H20N4O4. The predicted molar refractivity (Wildman–Crippen MR) is 108 cm³/mol. The summed E-state index contributed by atoms with van der Waals surface area (Å²) in [7, 11) is 0. The molecular weight excluding hydrogens is 384 g/mol. The molecule has 1 aliphatic carbocycles. The maximum absolute atomic E-state index is 12.8. The van der Waals surface area contributed by atoms with Gasteiger partial charge in [0.1, 0.15) is 22.7 Å². The van der Waals surface area contributed by atoms with Crippen molar-refractivity contribution >= 4 is 22.8 Å². The minimum Gasteiger partial charge on any atom is -0.506 e. The third-order valence-corrected chi connectivity index (χ3v) is 5.72. The first-order chi connectivity index (χ1) is 14.4. The SMILES string of the molecule is Cc1cc(CN2C(=O)C3=C(CCCC3)C2=O)c(O)c(-n2nc3cccc(O)c3n2)c1. The molecule has 2 heterocycles. The zero-order chi connectivity index (χ0) is 21.0. The van der Waals surface area contributed by atoms with E-state index in [2.05, 4.69) is 10.2 Å². The standard InChI is InChI=1S/C22H20N4O4/c1-12-9-13(11-25-21(29)14-5-2-3-6-15(14)22(25)30)20(28)17(10-12)26-23-16-7-4-8-18(27)19(16)24-26/h4,7-10,27-28H,2-3,5-6,11H2,1H3. The third kappa shape index (κ3) is 2.75. The lowest BCUT2D eigenvalue weighted by Crippen LogP contribution is -2.31. The van der Waals surface area contributed by atoms with Gasteiger partial charge in [0, 0.05) is 16.7 Å². The molecule has 2 aromatic carbocycles. The summed E-state index contributed by atoms with van der Waals surface area (Å²) in [5, 5.41) is 29.5. The number of hydrogen-bond acceptors (Lipinski definition) is 6. The van der Waals surface area contributed by atoms with Crippen LogP contribution in [0.5, 0.6) is 11.5 Å². The molecule has 0 radical (unpaired) electrons. The Morgan fingerprint density at radius 2 is 1.70 bits per heavy atom. The highest BCUT2D eigenvalue weighted by Gasteiger charge is 2.39. The summed E-state index contributed by atoms with van der Waals surface area (Å²) in [5.74, 6) is -0.628. The maximum Gasteiger partial charge on any atom is 0.257 e. The van der Waals surface area contributed by atoms with Gasteiger partial charge in [-0.3, -0.25) is 14.5 Å². The molecule has 30 heavy (non-hydrogen) atoms. The van der Waals surface area contributed by atoms with Crippen LogP contribution < -0.4 is 0 Å². The van der Waals surface area contributed by atoms with Crippen molar-refractivity contribution in [3.8, 4) is 17.2 Å². The van der Waals surface area contributed by atoms with Crippen LogP contribution in [0.1, 0.15) is 36.8 Å². The zero-order valence-corrected chi connectivity index (χ0v) is 16.4. The monoisotopic (exact) mass is 404 g/mol. The van der Waals surface area contributed by atoms with Crippen LogP contribution in [0, 0.1) is 6.92 Å². The number of amides is 2. The van der Waals surface area contributed by atoms with Gasteiger partial charge in [0.05, 0.1) is 6.54 Å². The topological polar surface area (TPSA) is 109 Å². The lowest BCUT2D eigenvalue weighted by atomic mass is 9.93. The van der Waals surface area contributed by atoms with Crippen LogP contribution in [0.4, 0.5) is 0 Å². The van der Waals surface area contributed by atoms with Crippen molar-refractivity contribution in [2.75, 3.05) is 0 Å². The van der Waals surface area contributed by atoms with Crippen molar-refractivity contribution in [1.29, 1.82) is 0 Å². The highest BCUT2D eigenvalue weighted by molar-refractivity contribution is 6.19. The average Bonchev–Trinajstić information content (AvgIpc) is 3.27. The van der Waals surface area contributed by atoms with Crippen LogP contribution in [0.2, 0.25) is 0 Å². The molecule has 2 aliphatic rings. The lowest BCUT2D eigenvalue weighted by molar-refractivity contribution is -0.138. The van der Waals surface area contributed by atoms with Crippen LogP contribution in [0.15, 0.2) is 41.5 Å². The van der Waals surface area contributed by atoms with Gasteiger partial charge in [-0.25, -0.2) is 0 Å². The van der Waals surface area contributed by atoms with Gasteiger partial charge >= 0.3 is 0 Å². The Hall–Kier alpha value is -3.68. The summed E-state index contributed by atoms with van der Waals surface area (Å²) in [6, 6.07) is 8.35. The number of aromatic hydroxyl groups is 2. The fourth-order valence-corrected chi connectivity index (χ4v) is 4.25. The van der Waals surface area contributed by atoms with E-state index in [1.165, 1.54) is 15.8 Å². The van der Waals surface area contributed by atoms with E-state index in [0.717, 1.165) is 18.4 Å². The van der Waals surface area contributed by atoms with Crippen molar-refractivity contribution < 1.29 is 19.8 Å². The Bertz CT molecular complexity index is 1230. The quantitative estimate of drug-likeness (QED) is 0.650. The van der Waals surface area contributed by atoms with Crippen molar-refractivity contribution in [2.45, 2.75) is 39.2 Å². The second kappa shape index (κ2) is 6.69. The summed E-state index contributed by atoms with van der Waals surface area (Å²) in [6.45, 7) is 1.83. The fourth-order valence-electron chi connectivity index (χ4n) is 4.25. The van der Waals surface area contributed by atoms with Crippen LogP contribution >= 0.6 is 0 Å². The summed E-state index contributed by atoms with van der Waals surface area (Å²) >= 11 is 0. The van der Waals surface area contributed by atoms with Gasteiger partial charge in [-0.05, 0) is 56.4 Å². The molecule has 2 N–H and O–H groups in total. The number of phenols is 2. The first-order valence-electron chi connectivity index (χ1n) is 9.90. The highest BCUT2D eigenvalue weighted by atomic mass is 16.3. The highest BCUT2D eigenvalue weighted by Crippen LogP contribution is 2.36. The van der Waals surface area contributed by atoms with E-state index in [1.54, 1.807) is 24.3 Å². The van der Waals surface area contributed by atoms with Crippen LogP contribution in [0.3, 0.4) is 0 Å². The van der Waals surface area contributed by atoms with E-state index >= 15 is 0 Å². The van der Waals surface area contributed by atoms with Gasteiger partial charge in [0.2, 0.25) is 0 Å². The van der Waals surface area contributed by atoms with E-state index in [-0.39, 0.29) is 29.9 Å². The van der Waals surface area contributed by atoms with Gasteiger partial charge in [-0.1, -0.05) is 12.1 Å². The number of fused-ring (bicyclic) bond motifs is 1. The third-order valence-electron chi connectivity index (χ3n) is 5.72. The number of benzene rings is 2. The molecule has 0 saturated heterocycles. The number of nitrogens with zero attached hydrogens (tertiary/aromatic N) is 4. The van der Waals surface area contributed by atoms with Crippen molar-refractivity contribution in [3.05, 3.63) is 52.6 Å². The van der Waals surface area contributed by atoms with E-state index in [4.69, 9.17) is 0 Å². The van der Waals surface area contributed by atoms with Gasteiger partial charge < -0.3 is 10.2 Å². The largest absolute Gasteiger partial charge is 0.506 e. The Labute approximate surface area is 172 Å². The van der Waals surface area contributed by atoms with Crippen LogP contribution in [-0.2, 0) is 16.1 Å². The number of carbonyl (C=O) groups is 2. The molecule has 1 aliphatic heterocycles. The minimum absolute atomic E-state index is 0.00367. The predicted octanol–water partition coefficient (Wildman–Crippen LogP) is 2.88. The Balaban J connectivity index is 1.53. The minimum atomic E-state index is -0.259. The second-order valence-corrected chi connectivity index (χ2v) is 7.79. The molecule has 0 unspecified atom stereocenters. The number of aryl methyl sites for hydroxylation is 1. The van der Waals surface area contributed by atoms with Crippen molar-refractivity contribution in [1.82, 2.24) is 19.9 Å². The summed E-state index contributed by atoms with van der Waals surface area (Å²) in [6.07, 6.45) is 3.09. The molecule has 0 fully saturated rings. The molecule has 8 nitrogen and oxygen atoms in total. The first-order valence-corrected chi connectivity index (χ1v) is 9.90. The molecule has 2 amide bonds. The number of imide groups is 1. The number of aromatic nitrogens is 3. The molecule has 5 rings (SSSR count). The number of hydrogen-bond donors (Lipinski definition) is 2. The number of rotatable bonds is 3. The van der Waals surface area contributed by atoms with Gasteiger partial charge in [-0.2, -0.15) is 0 Å². The molecule has 0 spiro atoms. The second-order valence-electron chi connectivity index (χ2n) is 7.79. The van der Waals surface area contributed by atoms with E-state index in [9.17, 15) is 19.8 Å². The van der Waals surface area contributed by atoms with Gasteiger partial charge in [0.15, 0.2) is 5.52 Å². The van der Waals surface area contributed by atoms with Crippen LogP contribution in [0.25, 0.3) is 16.7 Å². The average molecular weight is 404 g/mol. The molecule has 0 saturated carbocycles. The van der Waals surface area contributed by atoms with Crippen molar-refractivity contribution in [2.24, 2.45) is 0 Å². The Kier molecular flexibility index (Phi) is 4.09. The number of carbonyl (C=O) groups excluding carboxylic acids is 2. The number of phenolic OH excluding ortho intramolecular Hbond substituents is 2. The molecule has 0 atom stereocenters. The Morgan fingerprint density at radius 3 is 2.37 bits per heavy atom. The maximum atomic E-state index is 12.8. The zero-order valence-electron chi connectivity index (χ0n) is 16.4. The summed E-state index contributed by atoms with van der Waals surface area (Å²) in [4.78, 5) is 28.0. The smallest absolute Gasteiger partial charge is 0.257 e. The molecule has 3 aromatic rings.